The fraction of sp³-hybridized carbons (Fsp3) is 0.231. The maximum atomic E-state index is 12.8. The van der Waals surface area contributed by atoms with Gasteiger partial charge in [-0.1, -0.05) is 12.1 Å². The van der Waals surface area contributed by atoms with E-state index in [2.05, 4.69) is 5.32 Å². The average molecular weight is 262 g/mol. The van der Waals surface area contributed by atoms with Crippen LogP contribution in [0.2, 0.25) is 0 Å². The summed E-state index contributed by atoms with van der Waals surface area (Å²) in [6, 6.07) is 6.24. The van der Waals surface area contributed by atoms with E-state index in [1.54, 1.807) is 23.1 Å². The monoisotopic (exact) mass is 262 g/mol. The van der Waals surface area contributed by atoms with Gasteiger partial charge in [-0.05, 0) is 48.8 Å². The van der Waals surface area contributed by atoms with Crippen LogP contribution in [0.15, 0.2) is 30.0 Å². The van der Waals surface area contributed by atoms with E-state index in [9.17, 15) is 9.18 Å². The molecule has 5 heteroatoms. The van der Waals surface area contributed by atoms with Crippen molar-refractivity contribution in [3.8, 4) is 0 Å². The molecule has 92 valence electrons. The van der Waals surface area contributed by atoms with Crippen molar-refractivity contribution < 1.29 is 9.18 Å². The molecule has 1 aromatic rings. The van der Waals surface area contributed by atoms with Crippen LogP contribution in [0.1, 0.15) is 18.4 Å². The standard InChI is InChI=1S/C13H11FN2OS/c14-9-3-1-8(2-4-9)7-11-12(17)16(10-5-6-10)13(18)15-11/h1-4,7,10H,5-6H2,(H,15,18)/b11-7+. The van der Waals surface area contributed by atoms with Crippen molar-refractivity contribution in [2.45, 2.75) is 18.9 Å². The van der Waals surface area contributed by atoms with Gasteiger partial charge >= 0.3 is 0 Å². The lowest BCUT2D eigenvalue weighted by molar-refractivity contribution is -0.122. The molecule has 1 aliphatic heterocycles. The number of halogens is 1. The van der Waals surface area contributed by atoms with E-state index in [4.69, 9.17) is 12.2 Å². The zero-order valence-electron chi connectivity index (χ0n) is 9.52. The predicted molar refractivity (Wildman–Crippen MR) is 70.0 cm³/mol. The number of benzene rings is 1. The Balaban J connectivity index is 1.86. The summed E-state index contributed by atoms with van der Waals surface area (Å²) in [5.41, 5.74) is 1.23. The summed E-state index contributed by atoms with van der Waals surface area (Å²) in [6.45, 7) is 0. The molecule has 0 aromatic heterocycles. The van der Waals surface area contributed by atoms with Crippen LogP contribution < -0.4 is 5.32 Å². The highest BCUT2D eigenvalue weighted by Crippen LogP contribution is 2.30. The molecule has 0 radical (unpaired) electrons. The lowest BCUT2D eigenvalue weighted by atomic mass is 10.2. The number of nitrogens with zero attached hydrogens (tertiary/aromatic N) is 1. The number of carbonyl (C=O) groups excluding carboxylic acids is 1. The van der Waals surface area contributed by atoms with Crippen molar-refractivity contribution in [3.05, 3.63) is 41.3 Å². The smallest absolute Gasteiger partial charge is 0.276 e. The van der Waals surface area contributed by atoms with E-state index >= 15 is 0 Å². The highest BCUT2D eigenvalue weighted by molar-refractivity contribution is 7.80. The van der Waals surface area contributed by atoms with Crippen LogP contribution in [-0.2, 0) is 4.79 Å². The minimum atomic E-state index is -0.294. The molecule has 1 aliphatic carbocycles. The number of amides is 1. The minimum Gasteiger partial charge on any atom is -0.328 e. The molecule has 1 saturated heterocycles. The third-order valence-electron chi connectivity index (χ3n) is 3.00. The number of thiocarbonyl (C=S) groups is 1. The molecule has 1 N–H and O–H groups in total. The van der Waals surface area contributed by atoms with Crippen molar-refractivity contribution in [1.29, 1.82) is 0 Å². The van der Waals surface area contributed by atoms with Crippen LogP contribution in [0, 0.1) is 5.82 Å². The first kappa shape index (κ1) is 11.3. The fourth-order valence-corrected chi connectivity index (χ4v) is 2.28. The summed E-state index contributed by atoms with van der Waals surface area (Å²) in [6.07, 6.45) is 3.71. The van der Waals surface area contributed by atoms with E-state index in [-0.39, 0.29) is 17.8 Å². The predicted octanol–water partition coefficient (Wildman–Crippen LogP) is 2.05. The second-order valence-electron chi connectivity index (χ2n) is 4.45. The lowest BCUT2D eigenvalue weighted by Crippen LogP contribution is -2.32. The SMILES string of the molecule is O=C1/C(=C\c2ccc(F)cc2)NC(=S)N1C1CC1. The lowest BCUT2D eigenvalue weighted by Gasteiger charge is -2.11. The van der Waals surface area contributed by atoms with Crippen molar-refractivity contribution in [2.75, 3.05) is 0 Å². The Morgan fingerprint density at radius 3 is 2.61 bits per heavy atom. The van der Waals surface area contributed by atoms with Gasteiger partial charge in [-0.2, -0.15) is 0 Å². The highest BCUT2D eigenvalue weighted by atomic mass is 32.1. The Labute approximate surface area is 109 Å². The molecule has 3 nitrogen and oxygen atoms in total. The summed E-state index contributed by atoms with van der Waals surface area (Å²) in [5.74, 6) is -0.384. The van der Waals surface area contributed by atoms with Gasteiger partial charge in [0.1, 0.15) is 11.5 Å². The summed E-state index contributed by atoms with van der Waals surface area (Å²) < 4.78 is 12.8. The summed E-state index contributed by atoms with van der Waals surface area (Å²) in [5, 5.41) is 3.38. The van der Waals surface area contributed by atoms with Gasteiger partial charge in [-0.3, -0.25) is 9.69 Å². The topological polar surface area (TPSA) is 32.3 Å². The highest BCUT2D eigenvalue weighted by Gasteiger charge is 2.41. The van der Waals surface area contributed by atoms with Gasteiger partial charge in [0.15, 0.2) is 5.11 Å². The Bertz CT molecular complexity index is 549. The molecule has 0 bridgehead atoms. The van der Waals surface area contributed by atoms with Crippen molar-refractivity contribution >= 4 is 29.3 Å². The molecule has 1 amide bonds. The minimum absolute atomic E-state index is 0.0909. The summed E-state index contributed by atoms with van der Waals surface area (Å²) >= 11 is 5.14. The molecule has 0 spiro atoms. The molecule has 2 aliphatic rings. The Morgan fingerprint density at radius 2 is 2.00 bits per heavy atom. The van der Waals surface area contributed by atoms with E-state index in [1.165, 1.54) is 12.1 Å². The molecule has 0 unspecified atom stereocenters. The van der Waals surface area contributed by atoms with Crippen LogP contribution >= 0.6 is 12.2 Å². The summed E-state index contributed by atoms with van der Waals surface area (Å²) in [4.78, 5) is 13.7. The molecule has 0 atom stereocenters. The molecule has 1 aromatic carbocycles. The fourth-order valence-electron chi connectivity index (χ4n) is 1.94. The third kappa shape index (κ3) is 2.01. The molecule has 1 heterocycles. The quantitative estimate of drug-likeness (QED) is 0.654. The maximum absolute atomic E-state index is 12.8. The van der Waals surface area contributed by atoms with Crippen LogP contribution in [0.4, 0.5) is 4.39 Å². The first-order valence-electron chi connectivity index (χ1n) is 5.77. The van der Waals surface area contributed by atoms with E-state index in [1.807, 2.05) is 0 Å². The first-order valence-corrected chi connectivity index (χ1v) is 6.18. The zero-order chi connectivity index (χ0) is 12.7. The van der Waals surface area contributed by atoms with Crippen LogP contribution in [0.25, 0.3) is 6.08 Å². The van der Waals surface area contributed by atoms with Gasteiger partial charge in [0.25, 0.3) is 5.91 Å². The van der Waals surface area contributed by atoms with Gasteiger partial charge in [0.2, 0.25) is 0 Å². The van der Waals surface area contributed by atoms with Gasteiger partial charge in [0, 0.05) is 6.04 Å². The molecular formula is C13H11FN2OS. The maximum Gasteiger partial charge on any atom is 0.276 e. The number of carbonyl (C=O) groups is 1. The van der Waals surface area contributed by atoms with Gasteiger partial charge in [-0.15, -0.1) is 0 Å². The van der Waals surface area contributed by atoms with Gasteiger partial charge in [-0.25, -0.2) is 4.39 Å². The molecule has 1 saturated carbocycles. The van der Waals surface area contributed by atoms with Crippen molar-refractivity contribution in [3.63, 3.8) is 0 Å². The van der Waals surface area contributed by atoms with Crippen LogP contribution in [-0.4, -0.2) is 22.0 Å². The first-order chi connectivity index (χ1) is 8.65. The largest absolute Gasteiger partial charge is 0.328 e. The molecule has 18 heavy (non-hydrogen) atoms. The van der Waals surface area contributed by atoms with Gasteiger partial charge < -0.3 is 5.32 Å². The van der Waals surface area contributed by atoms with Crippen LogP contribution in [0.3, 0.4) is 0 Å². The number of hydrogen-bond acceptors (Lipinski definition) is 2. The normalized spacial score (nSPS) is 21.6. The Kier molecular flexibility index (Phi) is 2.63. The number of rotatable bonds is 2. The third-order valence-corrected chi connectivity index (χ3v) is 3.30. The Hall–Kier alpha value is -1.75. The molecular weight excluding hydrogens is 251 g/mol. The van der Waals surface area contributed by atoms with Gasteiger partial charge in [0.05, 0.1) is 0 Å². The average Bonchev–Trinajstić information content (AvgIpc) is 3.12. The number of hydrogen-bond donors (Lipinski definition) is 1. The second kappa shape index (κ2) is 4.17. The van der Waals surface area contributed by atoms with E-state index in [0.29, 0.717) is 10.8 Å². The van der Waals surface area contributed by atoms with Crippen molar-refractivity contribution in [2.24, 2.45) is 0 Å². The van der Waals surface area contributed by atoms with Crippen LogP contribution in [0.5, 0.6) is 0 Å². The summed E-state index contributed by atoms with van der Waals surface area (Å²) in [7, 11) is 0. The Morgan fingerprint density at radius 1 is 1.33 bits per heavy atom. The molecule has 3 rings (SSSR count). The van der Waals surface area contributed by atoms with E-state index in [0.717, 1.165) is 18.4 Å². The number of nitrogens with one attached hydrogen (secondary N) is 1. The second-order valence-corrected chi connectivity index (χ2v) is 4.83. The molecule has 2 fully saturated rings. The van der Waals surface area contributed by atoms with E-state index < -0.39 is 0 Å². The zero-order valence-corrected chi connectivity index (χ0v) is 10.3. The van der Waals surface area contributed by atoms with Crippen molar-refractivity contribution in [1.82, 2.24) is 10.2 Å².